The summed E-state index contributed by atoms with van der Waals surface area (Å²) in [6, 6.07) is 9.87. The molecule has 1 aliphatic rings. The Bertz CT molecular complexity index is 633. The Morgan fingerprint density at radius 2 is 2.11 bits per heavy atom. The van der Waals surface area contributed by atoms with E-state index in [0.717, 1.165) is 41.7 Å². The van der Waals surface area contributed by atoms with Crippen LogP contribution in [0, 0.1) is 6.92 Å². The normalized spacial score (nSPS) is 17.3. The first-order valence-electron chi connectivity index (χ1n) is 6.62. The van der Waals surface area contributed by atoms with Crippen molar-refractivity contribution in [1.82, 2.24) is 0 Å². The average molecular weight is 252 g/mol. The zero-order valence-corrected chi connectivity index (χ0v) is 11.0. The van der Waals surface area contributed by atoms with Crippen LogP contribution in [0.5, 0.6) is 0 Å². The number of fused-ring (bicyclic) bond motifs is 1. The van der Waals surface area contributed by atoms with Crippen LogP contribution in [0.25, 0.3) is 6.08 Å². The minimum atomic E-state index is 0.146. The zero-order valence-electron chi connectivity index (χ0n) is 11.0. The molecular formula is C17H16O2. The van der Waals surface area contributed by atoms with Crippen LogP contribution in [0.3, 0.4) is 0 Å². The number of furan rings is 1. The van der Waals surface area contributed by atoms with E-state index in [1.165, 1.54) is 5.56 Å². The summed E-state index contributed by atoms with van der Waals surface area (Å²) in [5, 5.41) is 0. The Hall–Kier alpha value is -2.09. The van der Waals surface area contributed by atoms with Gasteiger partial charge in [0, 0.05) is 11.1 Å². The fraction of sp³-hybridized carbons (Fsp3) is 0.235. The molecule has 3 rings (SSSR count). The average Bonchev–Trinajstić information content (AvgIpc) is 2.86. The maximum Gasteiger partial charge on any atom is 0.189 e. The third-order valence-electron chi connectivity index (χ3n) is 3.55. The summed E-state index contributed by atoms with van der Waals surface area (Å²) in [6.45, 7) is 2.02. The molecule has 0 aliphatic heterocycles. The molecule has 2 nitrogen and oxygen atoms in total. The SMILES string of the molecule is Cc1ccc2c(c1)C(=O)/C(=C\c1ccco1)CCC2. The van der Waals surface area contributed by atoms with Gasteiger partial charge in [0.2, 0.25) is 0 Å². The van der Waals surface area contributed by atoms with Gasteiger partial charge in [-0.25, -0.2) is 0 Å². The number of carbonyl (C=O) groups excluding carboxylic acids is 1. The van der Waals surface area contributed by atoms with E-state index in [9.17, 15) is 4.79 Å². The Morgan fingerprint density at radius 1 is 1.21 bits per heavy atom. The van der Waals surface area contributed by atoms with Crippen LogP contribution in [0.1, 0.15) is 40.1 Å². The quantitative estimate of drug-likeness (QED) is 0.562. The maximum atomic E-state index is 12.6. The predicted octanol–water partition coefficient (Wildman–Crippen LogP) is 4.19. The van der Waals surface area contributed by atoms with Crippen molar-refractivity contribution in [1.29, 1.82) is 0 Å². The van der Waals surface area contributed by atoms with E-state index in [1.54, 1.807) is 6.26 Å². The topological polar surface area (TPSA) is 30.2 Å². The number of aryl methyl sites for hydroxylation is 2. The van der Waals surface area contributed by atoms with Gasteiger partial charge in [0.05, 0.1) is 6.26 Å². The second-order valence-corrected chi connectivity index (χ2v) is 5.03. The molecule has 0 atom stereocenters. The lowest BCUT2D eigenvalue weighted by Gasteiger charge is -2.06. The van der Waals surface area contributed by atoms with Crippen LogP contribution in [0.15, 0.2) is 46.6 Å². The second kappa shape index (κ2) is 4.88. The Labute approximate surface area is 112 Å². The van der Waals surface area contributed by atoms with Crippen LogP contribution in [0.4, 0.5) is 0 Å². The van der Waals surface area contributed by atoms with Crippen molar-refractivity contribution in [3.05, 3.63) is 64.6 Å². The van der Waals surface area contributed by atoms with Crippen LogP contribution < -0.4 is 0 Å². The van der Waals surface area contributed by atoms with Gasteiger partial charge < -0.3 is 4.42 Å². The van der Waals surface area contributed by atoms with Gasteiger partial charge in [-0.2, -0.15) is 0 Å². The molecule has 0 spiro atoms. The monoisotopic (exact) mass is 252 g/mol. The van der Waals surface area contributed by atoms with Gasteiger partial charge in [-0.05, 0) is 56.0 Å². The number of hydrogen-bond acceptors (Lipinski definition) is 2. The molecule has 19 heavy (non-hydrogen) atoms. The summed E-state index contributed by atoms with van der Waals surface area (Å²) in [4.78, 5) is 12.6. The van der Waals surface area contributed by atoms with Crippen LogP contribution in [-0.2, 0) is 6.42 Å². The smallest absolute Gasteiger partial charge is 0.189 e. The van der Waals surface area contributed by atoms with E-state index in [-0.39, 0.29) is 5.78 Å². The molecule has 0 radical (unpaired) electrons. The van der Waals surface area contributed by atoms with Crippen molar-refractivity contribution < 1.29 is 9.21 Å². The summed E-state index contributed by atoms with van der Waals surface area (Å²) < 4.78 is 5.31. The summed E-state index contributed by atoms with van der Waals surface area (Å²) in [7, 11) is 0. The van der Waals surface area contributed by atoms with E-state index in [0.29, 0.717) is 0 Å². The van der Waals surface area contributed by atoms with Gasteiger partial charge in [-0.1, -0.05) is 17.7 Å². The van der Waals surface area contributed by atoms with Crippen molar-refractivity contribution >= 4 is 11.9 Å². The first-order valence-corrected chi connectivity index (χ1v) is 6.62. The van der Waals surface area contributed by atoms with E-state index in [4.69, 9.17) is 4.42 Å². The predicted molar refractivity (Wildman–Crippen MR) is 75.1 cm³/mol. The molecule has 1 aromatic carbocycles. The van der Waals surface area contributed by atoms with Gasteiger partial charge in [0.25, 0.3) is 0 Å². The molecule has 1 aliphatic carbocycles. The van der Waals surface area contributed by atoms with Gasteiger partial charge in [-0.15, -0.1) is 0 Å². The van der Waals surface area contributed by atoms with Crippen LogP contribution >= 0.6 is 0 Å². The molecule has 0 saturated carbocycles. The summed E-state index contributed by atoms with van der Waals surface area (Å²) >= 11 is 0. The second-order valence-electron chi connectivity index (χ2n) is 5.03. The Balaban J connectivity index is 2.04. The van der Waals surface area contributed by atoms with Gasteiger partial charge in [0.1, 0.15) is 5.76 Å². The standard InChI is InChI=1S/C17H16O2/c1-12-7-8-13-4-2-5-14(17(18)16(13)10-12)11-15-6-3-9-19-15/h3,6-11H,2,4-5H2,1H3/b14-11-. The highest BCUT2D eigenvalue weighted by Gasteiger charge is 2.20. The van der Waals surface area contributed by atoms with Gasteiger partial charge >= 0.3 is 0 Å². The molecule has 1 aromatic heterocycles. The van der Waals surface area contributed by atoms with E-state index in [2.05, 4.69) is 12.1 Å². The first kappa shape index (κ1) is 12.0. The number of hydrogen-bond donors (Lipinski definition) is 0. The lowest BCUT2D eigenvalue weighted by atomic mass is 9.97. The van der Waals surface area contributed by atoms with Gasteiger partial charge in [0.15, 0.2) is 5.78 Å². The molecule has 0 bridgehead atoms. The van der Waals surface area contributed by atoms with E-state index in [1.807, 2.05) is 31.2 Å². The molecule has 0 N–H and O–H groups in total. The van der Waals surface area contributed by atoms with Crippen molar-refractivity contribution in [3.8, 4) is 0 Å². The van der Waals surface area contributed by atoms with E-state index < -0.39 is 0 Å². The molecular weight excluding hydrogens is 236 g/mol. The number of carbonyl (C=O) groups is 1. The highest BCUT2D eigenvalue weighted by Crippen LogP contribution is 2.26. The van der Waals surface area contributed by atoms with Crippen molar-refractivity contribution in [2.75, 3.05) is 0 Å². The molecule has 0 fully saturated rings. The number of benzene rings is 1. The lowest BCUT2D eigenvalue weighted by molar-refractivity contribution is 0.103. The number of Topliss-reactive ketones (excluding diaryl/α,β-unsaturated/α-hetero) is 1. The highest BCUT2D eigenvalue weighted by atomic mass is 16.3. The van der Waals surface area contributed by atoms with Crippen molar-refractivity contribution in [3.63, 3.8) is 0 Å². The fourth-order valence-corrected chi connectivity index (χ4v) is 2.56. The largest absolute Gasteiger partial charge is 0.465 e. The third kappa shape index (κ3) is 2.39. The molecule has 2 aromatic rings. The molecule has 0 unspecified atom stereocenters. The maximum absolute atomic E-state index is 12.6. The minimum absolute atomic E-state index is 0.146. The molecule has 96 valence electrons. The van der Waals surface area contributed by atoms with Crippen molar-refractivity contribution in [2.45, 2.75) is 26.2 Å². The van der Waals surface area contributed by atoms with E-state index >= 15 is 0 Å². The molecule has 0 saturated heterocycles. The molecule has 2 heteroatoms. The number of allylic oxidation sites excluding steroid dienone is 1. The molecule has 1 heterocycles. The number of rotatable bonds is 1. The minimum Gasteiger partial charge on any atom is -0.465 e. The molecule has 0 amide bonds. The van der Waals surface area contributed by atoms with Crippen molar-refractivity contribution in [2.24, 2.45) is 0 Å². The Kier molecular flexibility index (Phi) is 3.08. The summed E-state index contributed by atoms with van der Waals surface area (Å²) in [5.74, 6) is 0.895. The summed E-state index contributed by atoms with van der Waals surface area (Å²) in [6.07, 6.45) is 6.30. The Morgan fingerprint density at radius 3 is 2.89 bits per heavy atom. The lowest BCUT2D eigenvalue weighted by Crippen LogP contribution is -2.03. The summed E-state index contributed by atoms with van der Waals surface area (Å²) in [5.41, 5.74) is 4.00. The highest BCUT2D eigenvalue weighted by molar-refractivity contribution is 6.12. The first-order chi connectivity index (χ1) is 9.24. The van der Waals surface area contributed by atoms with Crippen LogP contribution in [-0.4, -0.2) is 5.78 Å². The number of ketones is 1. The van der Waals surface area contributed by atoms with Gasteiger partial charge in [-0.3, -0.25) is 4.79 Å². The van der Waals surface area contributed by atoms with Crippen LogP contribution in [0.2, 0.25) is 0 Å². The zero-order chi connectivity index (χ0) is 13.2. The third-order valence-corrected chi connectivity index (χ3v) is 3.55. The fourth-order valence-electron chi connectivity index (χ4n) is 2.56.